The molecule has 1 amide bonds. The van der Waals surface area contributed by atoms with Crippen molar-refractivity contribution in [1.29, 1.82) is 0 Å². The van der Waals surface area contributed by atoms with E-state index >= 15 is 0 Å². The summed E-state index contributed by atoms with van der Waals surface area (Å²) in [4.78, 5) is 11.2. The van der Waals surface area contributed by atoms with E-state index in [1.807, 2.05) is 6.92 Å². The van der Waals surface area contributed by atoms with Crippen LogP contribution in [0.15, 0.2) is 0 Å². The summed E-state index contributed by atoms with van der Waals surface area (Å²) in [5, 5.41) is 11.3. The summed E-state index contributed by atoms with van der Waals surface area (Å²) in [6.45, 7) is 2.03. The second-order valence-electron chi connectivity index (χ2n) is 2.68. The Hall–Kier alpha value is 0.655. The summed E-state index contributed by atoms with van der Waals surface area (Å²) < 4.78 is 0.0895. The van der Waals surface area contributed by atoms with Crippen molar-refractivity contribution >= 4 is 41.8 Å². The molecular formula is C6H14BINO2P. The molecule has 0 aliphatic rings. The number of hydrogen-bond acceptors (Lipinski definition) is 2. The van der Waals surface area contributed by atoms with E-state index in [1.165, 1.54) is 0 Å². The van der Waals surface area contributed by atoms with Crippen LogP contribution in [0.1, 0.15) is 19.8 Å². The molecule has 0 aromatic carbocycles. The third-order valence-electron chi connectivity index (χ3n) is 1.52. The molecule has 2 atom stereocenters. The first kappa shape index (κ1) is 12.7. The Bertz CT molecular complexity index is 148. The van der Waals surface area contributed by atoms with Gasteiger partial charge >= 0.3 is 4.42 Å². The van der Waals surface area contributed by atoms with Gasteiger partial charge < -0.3 is 10.3 Å². The standard InChI is InChI=1S/C6H14BINO2P/c1-5(3-2-4-10)6(11)9-7(8)12/h5,10H,2-4,12H2,1H3,(H,9,11). The molecule has 0 spiro atoms. The van der Waals surface area contributed by atoms with Crippen LogP contribution in [-0.4, -0.2) is 22.0 Å². The number of carbonyl (C=O) groups is 1. The molecule has 0 aromatic rings. The molecule has 0 saturated carbocycles. The van der Waals surface area contributed by atoms with Gasteiger partial charge in [-0.1, -0.05) is 6.92 Å². The van der Waals surface area contributed by atoms with Crippen LogP contribution >= 0.6 is 31.5 Å². The summed E-state index contributed by atoms with van der Waals surface area (Å²) in [7, 11) is 2.50. The van der Waals surface area contributed by atoms with Crippen LogP contribution < -0.4 is 5.23 Å². The molecule has 2 N–H and O–H groups in total. The van der Waals surface area contributed by atoms with Crippen LogP contribution in [0.4, 0.5) is 0 Å². The summed E-state index contributed by atoms with van der Waals surface area (Å²) >= 11 is 2.11. The summed E-state index contributed by atoms with van der Waals surface area (Å²) in [5.74, 6) is 0.0489. The number of halogens is 1. The number of aliphatic hydroxyl groups excluding tert-OH is 1. The molecule has 0 aliphatic heterocycles. The zero-order valence-electron chi connectivity index (χ0n) is 7.09. The van der Waals surface area contributed by atoms with Crippen molar-refractivity contribution in [2.24, 2.45) is 5.92 Å². The lowest BCUT2D eigenvalue weighted by Crippen LogP contribution is -2.34. The molecule has 0 rings (SSSR count). The summed E-state index contributed by atoms with van der Waals surface area (Å²) in [6.07, 6.45) is 1.44. The quantitative estimate of drug-likeness (QED) is 0.448. The van der Waals surface area contributed by atoms with Gasteiger partial charge in [-0.05, 0) is 12.8 Å². The molecule has 0 aromatic heterocycles. The normalized spacial score (nSPS) is 12.3. The highest BCUT2D eigenvalue weighted by molar-refractivity contribution is 14.1. The van der Waals surface area contributed by atoms with Crippen LogP contribution in [0.3, 0.4) is 0 Å². The molecule has 6 heteroatoms. The van der Waals surface area contributed by atoms with Crippen molar-refractivity contribution in [2.45, 2.75) is 19.8 Å². The second-order valence-corrected chi connectivity index (χ2v) is 6.04. The Kier molecular flexibility index (Phi) is 7.48. The van der Waals surface area contributed by atoms with Crippen LogP contribution in [-0.2, 0) is 4.79 Å². The first-order valence-corrected chi connectivity index (χ1v) is 5.80. The smallest absolute Gasteiger partial charge is 0.349 e. The van der Waals surface area contributed by atoms with E-state index in [4.69, 9.17) is 5.11 Å². The number of carbonyl (C=O) groups excluding carboxylic acids is 1. The van der Waals surface area contributed by atoms with E-state index < -0.39 is 0 Å². The number of aliphatic hydroxyl groups is 1. The maximum atomic E-state index is 11.2. The lowest BCUT2D eigenvalue weighted by molar-refractivity contribution is -0.123. The molecule has 3 nitrogen and oxygen atoms in total. The Balaban J connectivity index is 3.61. The number of hydrogen-bond donors (Lipinski definition) is 2. The largest absolute Gasteiger partial charge is 0.396 e. The molecule has 0 fully saturated rings. The van der Waals surface area contributed by atoms with Gasteiger partial charge in [0.1, 0.15) is 0 Å². The van der Waals surface area contributed by atoms with Crippen molar-refractivity contribution in [2.75, 3.05) is 6.61 Å². The van der Waals surface area contributed by atoms with Crippen molar-refractivity contribution in [3.8, 4) is 0 Å². The maximum Gasteiger partial charge on any atom is 0.349 e. The van der Waals surface area contributed by atoms with Crippen LogP contribution in [0.25, 0.3) is 0 Å². The van der Waals surface area contributed by atoms with E-state index in [2.05, 4.69) is 36.7 Å². The average Bonchev–Trinajstić information content (AvgIpc) is 1.98. The van der Waals surface area contributed by atoms with Gasteiger partial charge in [0.2, 0.25) is 5.91 Å². The van der Waals surface area contributed by atoms with Crippen molar-refractivity contribution in [1.82, 2.24) is 5.23 Å². The zero-order valence-corrected chi connectivity index (χ0v) is 10.4. The fraction of sp³-hybridized carbons (Fsp3) is 0.833. The van der Waals surface area contributed by atoms with Crippen molar-refractivity contribution < 1.29 is 9.90 Å². The van der Waals surface area contributed by atoms with Crippen molar-refractivity contribution in [3.05, 3.63) is 0 Å². The van der Waals surface area contributed by atoms with Gasteiger partial charge in [-0.3, -0.25) is 4.79 Å². The van der Waals surface area contributed by atoms with Gasteiger partial charge in [-0.25, -0.2) is 0 Å². The predicted octanol–water partition coefficient (Wildman–Crippen LogP) is 0.806. The van der Waals surface area contributed by atoms with Crippen LogP contribution in [0.5, 0.6) is 0 Å². The molecule has 0 bridgehead atoms. The average molecular weight is 301 g/mol. The molecular weight excluding hydrogens is 287 g/mol. The van der Waals surface area contributed by atoms with E-state index in [9.17, 15) is 4.79 Å². The van der Waals surface area contributed by atoms with Gasteiger partial charge in [0.25, 0.3) is 0 Å². The fourth-order valence-electron chi connectivity index (χ4n) is 0.807. The third kappa shape index (κ3) is 6.20. The van der Waals surface area contributed by atoms with Crippen molar-refractivity contribution in [3.63, 3.8) is 0 Å². The number of nitrogens with one attached hydrogen (secondary N) is 1. The minimum Gasteiger partial charge on any atom is -0.396 e. The minimum atomic E-state index is -0.00466. The van der Waals surface area contributed by atoms with Gasteiger partial charge in [-0.15, -0.1) is 31.5 Å². The van der Waals surface area contributed by atoms with Gasteiger partial charge in [0.05, 0.1) is 0 Å². The molecule has 70 valence electrons. The SMILES string of the molecule is CC(CCCO)C(=O)NB(P)I. The fourth-order valence-corrected chi connectivity index (χ4v) is 1.28. The molecule has 0 aliphatic carbocycles. The summed E-state index contributed by atoms with van der Waals surface area (Å²) in [5.41, 5.74) is 0. The first-order valence-electron chi connectivity index (χ1n) is 3.88. The first-order chi connectivity index (χ1) is 5.57. The third-order valence-corrected chi connectivity index (χ3v) is 2.00. The van der Waals surface area contributed by atoms with Gasteiger partial charge in [-0.2, -0.15) is 0 Å². The minimum absolute atomic E-state index is 0.00466. The van der Waals surface area contributed by atoms with E-state index in [0.717, 1.165) is 6.42 Å². The number of amides is 1. The van der Waals surface area contributed by atoms with Gasteiger partial charge in [0, 0.05) is 12.5 Å². The van der Waals surface area contributed by atoms with Gasteiger partial charge in [0.15, 0.2) is 0 Å². The lowest BCUT2D eigenvalue weighted by atomic mass is 10.0. The predicted molar refractivity (Wildman–Crippen MR) is 63.1 cm³/mol. The monoisotopic (exact) mass is 301 g/mol. The molecule has 0 heterocycles. The Labute approximate surface area is 89.2 Å². The maximum absolute atomic E-state index is 11.2. The molecule has 2 unspecified atom stereocenters. The molecule has 0 saturated heterocycles. The summed E-state index contributed by atoms with van der Waals surface area (Å²) in [6, 6.07) is 0. The number of rotatable bonds is 5. The Morgan fingerprint density at radius 1 is 1.83 bits per heavy atom. The Morgan fingerprint density at radius 3 is 2.83 bits per heavy atom. The van der Waals surface area contributed by atoms with Crippen LogP contribution in [0, 0.1) is 5.92 Å². The highest BCUT2D eigenvalue weighted by atomic mass is 127. The highest BCUT2D eigenvalue weighted by Gasteiger charge is 2.14. The lowest BCUT2D eigenvalue weighted by Gasteiger charge is -2.11. The van der Waals surface area contributed by atoms with E-state index in [0.29, 0.717) is 6.42 Å². The van der Waals surface area contributed by atoms with Crippen LogP contribution in [0.2, 0.25) is 0 Å². The van der Waals surface area contributed by atoms with E-state index in [-0.39, 0.29) is 22.9 Å². The molecule has 12 heavy (non-hydrogen) atoms. The molecule has 0 radical (unpaired) electrons. The zero-order chi connectivity index (χ0) is 9.56. The van der Waals surface area contributed by atoms with E-state index in [1.54, 1.807) is 0 Å². The highest BCUT2D eigenvalue weighted by Crippen LogP contribution is 2.07. The topological polar surface area (TPSA) is 49.3 Å². The second kappa shape index (κ2) is 7.10. The Morgan fingerprint density at radius 2 is 2.42 bits per heavy atom.